The number of carboxylic acids is 2. The van der Waals surface area contributed by atoms with Gasteiger partial charge in [0, 0.05) is 6.54 Å². The summed E-state index contributed by atoms with van der Waals surface area (Å²) in [6, 6.07) is 3.15. The number of nitrogens with one attached hydrogen (secondary N) is 2. The Balaban J connectivity index is 2.12. The number of imide groups is 1. The van der Waals surface area contributed by atoms with Crippen molar-refractivity contribution in [1.29, 1.82) is 0 Å². The number of benzene rings is 1. The molecule has 6 N–H and O–H groups in total. The number of hydrogen-bond acceptors (Lipinski definition) is 7. The Hall–Kier alpha value is -4.00. The topological polar surface area (TPSA) is 199 Å². The molecule has 0 spiro atoms. The van der Waals surface area contributed by atoms with Crippen molar-refractivity contribution in [3.63, 3.8) is 0 Å². The monoisotopic (exact) mass is 491 g/mol. The van der Waals surface area contributed by atoms with E-state index >= 15 is 0 Å². The number of urea groups is 1. The molecule has 1 aromatic carbocycles. The first kappa shape index (κ1) is 27.2. The Bertz CT molecular complexity index is 970. The highest BCUT2D eigenvalue weighted by Gasteiger charge is 2.44. The molecular formula is C22H29N5O8. The van der Waals surface area contributed by atoms with E-state index in [2.05, 4.69) is 10.6 Å². The molecule has 0 bridgehead atoms. The number of carbonyl (C=O) groups excluding carboxylic acids is 4. The van der Waals surface area contributed by atoms with Gasteiger partial charge in [0.25, 0.3) is 5.91 Å². The lowest BCUT2D eigenvalue weighted by molar-refractivity contribution is -0.143. The zero-order valence-corrected chi connectivity index (χ0v) is 19.2. The second-order valence-corrected chi connectivity index (χ2v) is 7.85. The van der Waals surface area contributed by atoms with Gasteiger partial charge in [-0.3, -0.25) is 24.1 Å². The van der Waals surface area contributed by atoms with Crippen LogP contribution in [0.5, 0.6) is 0 Å². The average Bonchev–Trinajstić information content (AvgIpc) is 3.03. The van der Waals surface area contributed by atoms with Gasteiger partial charge in [0.05, 0.1) is 6.42 Å². The fourth-order valence-electron chi connectivity index (χ4n) is 3.73. The van der Waals surface area contributed by atoms with Crippen LogP contribution >= 0.6 is 0 Å². The van der Waals surface area contributed by atoms with Gasteiger partial charge < -0.3 is 31.5 Å². The Morgan fingerprint density at radius 2 is 1.74 bits per heavy atom. The highest BCUT2D eigenvalue weighted by atomic mass is 16.4. The number of rotatable bonds is 13. The van der Waals surface area contributed by atoms with Crippen molar-refractivity contribution < 1.29 is 39.0 Å². The first-order valence-corrected chi connectivity index (χ1v) is 11.0. The molecule has 13 heteroatoms. The first-order chi connectivity index (χ1) is 16.6. The molecule has 1 aliphatic rings. The van der Waals surface area contributed by atoms with E-state index in [4.69, 9.17) is 5.73 Å². The minimum atomic E-state index is -1.64. The van der Waals surface area contributed by atoms with Gasteiger partial charge in [-0.15, -0.1) is 0 Å². The maximum atomic E-state index is 12.7. The van der Waals surface area contributed by atoms with E-state index < -0.39 is 66.8 Å². The standard InChI is InChI=1S/C22H29N5O8/c1-2-26-15(9-6-10-23)20(32)27(22(26)35)12-16(28)24-14(11-17(29)30)19(31)25-18(21(33)34)13-7-4-3-5-8-13/h3-5,7-8,14-15,18H,2,6,9-12,23H2,1H3,(H,24,28)(H,25,31)(H,29,30)(H,33,34). The van der Waals surface area contributed by atoms with Crippen molar-refractivity contribution in [2.24, 2.45) is 5.73 Å². The van der Waals surface area contributed by atoms with Gasteiger partial charge in [-0.25, -0.2) is 9.59 Å². The zero-order valence-electron chi connectivity index (χ0n) is 19.2. The van der Waals surface area contributed by atoms with Gasteiger partial charge in [0.1, 0.15) is 18.6 Å². The summed E-state index contributed by atoms with van der Waals surface area (Å²) in [7, 11) is 0. The molecule has 1 saturated heterocycles. The van der Waals surface area contributed by atoms with Crippen molar-refractivity contribution in [3.05, 3.63) is 35.9 Å². The highest BCUT2D eigenvalue weighted by Crippen LogP contribution is 2.21. The van der Waals surface area contributed by atoms with Crippen molar-refractivity contribution in [1.82, 2.24) is 20.4 Å². The summed E-state index contributed by atoms with van der Waals surface area (Å²) >= 11 is 0. The van der Waals surface area contributed by atoms with Crippen molar-refractivity contribution in [3.8, 4) is 0 Å². The fourth-order valence-corrected chi connectivity index (χ4v) is 3.73. The van der Waals surface area contributed by atoms with Crippen LogP contribution in [0.3, 0.4) is 0 Å². The normalized spacial score (nSPS) is 17.1. The van der Waals surface area contributed by atoms with Crippen molar-refractivity contribution in [2.45, 2.75) is 44.3 Å². The molecule has 1 heterocycles. The van der Waals surface area contributed by atoms with Crippen LogP contribution in [0, 0.1) is 0 Å². The minimum absolute atomic E-state index is 0.234. The number of aliphatic carboxylic acids is 2. The molecule has 13 nitrogen and oxygen atoms in total. The van der Waals surface area contributed by atoms with Crippen molar-refractivity contribution >= 4 is 35.7 Å². The van der Waals surface area contributed by atoms with E-state index in [1.165, 1.54) is 17.0 Å². The molecule has 0 saturated carbocycles. The largest absolute Gasteiger partial charge is 0.481 e. The predicted molar refractivity (Wildman–Crippen MR) is 121 cm³/mol. The number of carboxylic acid groups (broad SMARTS) is 2. The van der Waals surface area contributed by atoms with E-state index in [0.29, 0.717) is 19.4 Å². The van der Waals surface area contributed by atoms with Gasteiger partial charge in [-0.05, 0) is 31.9 Å². The third-order valence-electron chi connectivity index (χ3n) is 5.42. The first-order valence-electron chi connectivity index (χ1n) is 11.0. The molecule has 35 heavy (non-hydrogen) atoms. The highest BCUT2D eigenvalue weighted by molar-refractivity contribution is 6.06. The van der Waals surface area contributed by atoms with Crippen LogP contribution in [0.15, 0.2) is 30.3 Å². The van der Waals surface area contributed by atoms with E-state index in [-0.39, 0.29) is 12.1 Å². The van der Waals surface area contributed by atoms with E-state index in [9.17, 15) is 39.0 Å². The maximum absolute atomic E-state index is 12.7. The van der Waals surface area contributed by atoms with Gasteiger partial charge in [0.2, 0.25) is 11.8 Å². The fraction of sp³-hybridized carbons (Fsp3) is 0.455. The molecular weight excluding hydrogens is 462 g/mol. The third kappa shape index (κ3) is 6.99. The molecule has 3 atom stereocenters. The maximum Gasteiger partial charge on any atom is 0.330 e. The van der Waals surface area contributed by atoms with Gasteiger partial charge in [-0.2, -0.15) is 0 Å². The minimum Gasteiger partial charge on any atom is -0.481 e. The quantitative estimate of drug-likeness (QED) is 0.221. The lowest BCUT2D eigenvalue weighted by Gasteiger charge is -2.22. The summed E-state index contributed by atoms with van der Waals surface area (Å²) in [5.41, 5.74) is 5.73. The van der Waals surface area contributed by atoms with Crippen LogP contribution in [-0.2, 0) is 24.0 Å². The summed E-state index contributed by atoms with van der Waals surface area (Å²) in [5, 5.41) is 23.1. The summed E-state index contributed by atoms with van der Waals surface area (Å²) in [6.45, 7) is 1.51. The van der Waals surface area contributed by atoms with Crippen LogP contribution in [0.4, 0.5) is 4.79 Å². The number of likely N-dealkylation sites (N-methyl/N-ethyl adjacent to an activating group) is 1. The second kappa shape index (κ2) is 12.5. The van der Waals surface area contributed by atoms with E-state index in [0.717, 1.165) is 4.90 Å². The number of amides is 5. The molecule has 0 radical (unpaired) electrons. The third-order valence-corrected chi connectivity index (χ3v) is 5.42. The van der Waals surface area contributed by atoms with Crippen LogP contribution in [0.2, 0.25) is 0 Å². The number of hydrogen-bond donors (Lipinski definition) is 5. The predicted octanol–water partition coefficient (Wildman–Crippen LogP) is -0.720. The Morgan fingerprint density at radius 3 is 2.29 bits per heavy atom. The van der Waals surface area contributed by atoms with Crippen molar-refractivity contribution in [2.75, 3.05) is 19.6 Å². The lowest BCUT2D eigenvalue weighted by atomic mass is 10.1. The summed E-state index contributed by atoms with van der Waals surface area (Å²) < 4.78 is 0. The summed E-state index contributed by atoms with van der Waals surface area (Å²) in [6.07, 6.45) is -0.0266. The van der Waals surface area contributed by atoms with Crippen LogP contribution in [0.25, 0.3) is 0 Å². The Morgan fingerprint density at radius 1 is 1.09 bits per heavy atom. The van der Waals surface area contributed by atoms with Crippen LogP contribution in [-0.4, -0.2) is 87.4 Å². The lowest BCUT2D eigenvalue weighted by Crippen LogP contribution is -2.52. The molecule has 0 aliphatic carbocycles. The molecule has 3 unspecified atom stereocenters. The number of nitrogens with zero attached hydrogens (tertiary/aromatic N) is 2. The smallest absolute Gasteiger partial charge is 0.330 e. The zero-order chi connectivity index (χ0) is 26.1. The molecule has 1 fully saturated rings. The number of nitrogens with two attached hydrogens (primary N) is 1. The Kier molecular flexibility index (Phi) is 9.70. The molecule has 1 aliphatic heterocycles. The molecule has 190 valence electrons. The van der Waals surface area contributed by atoms with Crippen LogP contribution in [0.1, 0.15) is 37.8 Å². The second-order valence-electron chi connectivity index (χ2n) is 7.85. The van der Waals surface area contributed by atoms with Crippen LogP contribution < -0.4 is 16.4 Å². The molecule has 2 rings (SSSR count). The Labute approximate surface area is 201 Å². The van der Waals surface area contributed by atoms with Gasteiger partial charge in [0.15, 0.2) is 6.04 Å². The van der Waals surface area contributed by atoms with Gasteiger partial charge in [-0.1, -0.05) is 30.3 Å². The van der Waals surface area contributed by atoms with E-state index in [1.807, 2.05) is 0 Å². The summed E-state index contributed by atoms with van der Waals surface area (Å²) in [5.74, 6) is -5.40. The van der Waals surface area contributed by atoms with Gasteiger partial charge >= 0.3 is 18.0 Å². The average molecular weight is 492 g/mol. The molecule has 1 aromatic rings. The molecule has 5 amide bonds. The molecule has 0 aromatic heterocycles. The van der Waals surface area contributed by atoms with E-state index in [1.54, 1.807) is 25.1 Å². The number of carbonyl (C=O) groups is 6. The SMILES string of the molecule is CCN1C(=O)N(CC(=O)NC(CC(=O)O)C(=O)NC(C(=O)O)c2ccccc2)C(=O)C1CCCN. The summed E-state index contributed by atoms with van der Waals surface area (Å²) in [4.78, 5) is 75.6.